The Bertz CT molecular complexity index is 336. The standard InChI is InChI=1S/C16H26N2O/c19-15(18-4-1-2-17-3-5-18)16-9-12-6-13(10-16)8-14(7-12)11-16/h12-14,17H,1-11H2. The van der Waals surface area contributed by atoms with Crippen LogP contribution in [0, 0.1) is 23.2 Å². The molecule has 0 spiro atoms. The summed E-state index contributed by atoms with van der Waals surface area (Å²) in [5.74, 6) is 3.15. The molecule has 0 radical (unpaired) electrons. The molecule has 1 amide bonds. The third-order valence-corrected chi connectivity index (χ3v) is 6.12. The van der Waals surface area contributed by atoms with E-state index in [2.05, 4.69) is 10.2 Å². The number of carbonyl (C=O) groups excluding carboxylic acids is 1. The minimum Gasteiger partial charge on any atom is -0.341 e. The lowest BCUT2D eigenvalue weighted by molar-refractivity contribution is -0.157. The first-order valence-electron chi connectivity index (χ1n) is 8.25. The van der Waals surface area contributed by atoms with E-state index in [9.17, 15) is 4.79 Å². The summed E-state index contributed by atoms with van der Waals surface area (Å²) in [5.41, 5.74) is 0.0685. The van der Waals surface area contributed by atoms with Crippen LogP contribution in [0.4, 0.5) is 0 Å². The summed E-state index contributed by atoms with van der Waals surface area (Å²) in [6, 6.07) is 0. The average Bonchev–Trinajstić information content (AvgIpc) is 2.65. The molecule has 3 nitrogen and oxygen atoms in total. The summed E-state index contributed by atoms with van der Waals surface area (Å²) >= 11 is 0. The maximum atomic E-state index is 13.1. The third kappa shape index (κ3) is 2.01. The Morgan fingerprint density at radius 1 is 0.947 bits per heavy atom. The Morgan fingerprint density at radius 3 is 2.21 bits per heavy atom. The van der Waals surface area contributed by atoms with Crippen molar-refractivity contribution < 1.29 is 4.79 Å². The van der Waals surface area contributed by atoms with E-state index in [0.717, 1.165) is 50.4 Å². The summed E-state index contributed by atoms with van der Waals surface area (Å²) in [5, 5.41) is 3.41. The molecule has 0 aromatic heterocycles. The molecule has 0 aromatic rings. The van der Waals surface area contributed by atoms with Crippen LogP contribution < -0.4 is 5.32 Å². The first-order valence-corrected chi connectivity index (χ1v) is 8.25. The highest BCUT2D eigenvalue weighted by Gasteiger charge is 2.55. The maximum Gasteiger partial charge on any atom is 0.228 e. The van der Waals surface area contributed by atoms with Gasteiger partial charge in [-0.1, -0.05) is 0 Å². The van der Waals surface area contributed by atoms with E-state index in [1.165, 1.54) is 38.5 Å². The van der Waals surface area contributed by atoms with Crippen LogP contribution in [0.15, 0.2) is 0 Å². The van der Waals surface area contributed by atoms with E-state index < -0.39 is 0 Å². The monoisotopic (exact) mass is 262 g/mol. The molecule has 1 heterocycles. The van der Waals surface area contributed by atoms with Crippen LogP contribution in [-0.2, 0) is 4.79 Å². The maximum absolute atomic E-state index is 13.1. The summed E-state index contributed by atoms with van der Waals surface area (Å²) in [6.07, 6.45) is 9.03. The van der Waals surface area contributed by atoms with Gasteiger partial charge in [0, 0.05) is 19.6 Å². The predicted octanol–water partition coefficient (Wildman–Crippen LogP) is 2.02. The van der Waals surface area contributed by atoms with Crippen molar-refractivity contribution in [1.82, 2.24) is 10.2 Å². The first-order chi connectivity index (χ1) is 9.25. The van der Waals surface area contributed by atoms with Crippen LogP contribution in [0.3, 0.4) is 0 Å². The van der Waals surface area contributed by atoms with Crippen molar-refractivity contribution >= 4 is 5.91 Å². The number of hydrogen-bond acceptors (Lipinski definition) is 2. The molecule has 1 saturated heterocycles. The largest absolute Gasteiger partial charge is 0.341 e. The number of nitrogens with zero attached hydrogens (tertiary/aromatic N) is 1. The SMILES string of the molecule is O=C(N1CCCNCC1)C12CC3CC(CC(C3)C1)C2. The van der Waals surface area contributed by atoms with Gasteiger partial charge in [-0.15, -0.1) is 0 Å². The minimum atomic E-state index is 0.0685. The summed E-state index contributed by atoms with van der Waals surface area (Å²) in [4.78, 5) is 15.3. The highest BCUT2D eigenvalue weighted by Crippen LogP contribution is 2.60. The fourth-order valence-corrected chi connectivity index (χ4v) is 5.76. The Labute approximate surface area is 116 Å². The van der Waals surface area contributed by atoms with Crippen molar-refractivity contribution in [3.05, 3.63) is 0 Å². The lowest BCUT2D eigenvalue weighted by Crippen LogP contribution is -2.55. The van der Waals surface area contributed by atoms with Gasteiger partial charge in [-0.05, 0) is 69.2 Å². The Morgan fingerprint density at radius 2 is 1.58 bits per heavy atom. The Balaban J connectivity index is 1.55. The number of hydrogen-bond donors (Lipinski definition) is 1. The smallest absolute Gasteiger partial charge is 0.228 e. The van der Waals surface area contributed by atoms with Crippen LogP contribution in [0.1, 0.15) is 44.9 Å². The van der Waals surface area contributed by atoms with Crippen molar-refractivity contribution in [3.8, 4) is 0 Å². The van der Waals surface area contributed by atoms with Crippen LogP contribution in [0.25, 0.3) is 0 Å². The highest BCUT2D eigenvalue weighted by molar-refractivity contribution is 5.83. The lowest BCUT2D eigenvalue weighted by atomic mass is 9.49. The van der Waals surface area contributed by atoms with Crippen molar-refractivity contribution in [2.75, 3.05) is 26.2 Å². The van der Waals surface area contributed by atoms with Gasteiger partial charge in [0.15, 0.2) is 0 Å². The van der Waals surface area contributed by atoms with Gasteiger partial charge in [0.1, 0.15) is 0 Å². The summed E-state index contributed by atoms with van der Waals surface area (Å²) in [6.45, 7) is 3.97. The first kappa shape index (κ1) is 12.2. The van der Waals surface area contributed by atoms with Gasteiger partial charge in [0.2, 0.25) is 5.91 Å². The number of carbonyl (C=O) groups is 1. The normalized spacial score (nSPS) is 45.3. The number of amides is 1. The molecule has 5 aliphatic rings. The highest BCUT2D eigenvalue weighted by atomic mass is 16.2. The number of nitrogens with one attached hydrogen (secondary N) is 1. The average molecular weight is 262 g/mol. The Hall–Kier alpha value is -0.570. The topological polar surface area (TPSA) is 32.3 Å². The van der Waals surface area contributed by atoms with Gasteiger partial charge in [-0.25, -0.2) is 0 Å². The van der Waals surface area contributed by atoms with E-state index in [1.54, 1.807) is 0 Å². The van der Waals surface area contributed by atoms with E-state index in [1.807, 2.05) is 0 Å². The third-order valence-electron chi connectivity index (χ3n) is 6.12. The second-order valence-corrected chi connectivity index (χ2v) is 7.59. The van der Waals surface area contributed by atoms with Crippen molar-refractivity contribution in [1.29, 1.82) is 0 Å². The molecule has 3 heteroatoms. The molecule has 5 fully saturated rings. The van der Waals surface area contributed by atoms with E-state index in [-0.39, 0.29) is 5.41 Å². The molecule has 0 atom stereocenters. The zero-order chi connectivity index (χ0) is 12.9. The van der Waals surface area contributed by atoms with E-state index >= 15 is 0 Å². The predicted molar refractivity (Wildman–Crippen MR) is 74.7 cm³/mol. The van der Waals surface area contributed by atoms with Crippen LogP contribution in [0.2, 0.25) is 0 Å². The van der Waals surface area contributed by atoms with Crippen LogP contribution in [0.5, 0.6) is 0 Å². The molecule has 4 bridgehead atoms. The molecular weight excluding hydrogens is 236 g/mol. The molecule has 106 valence electrons. The van der Waals surface area contributed by atoms with Crippen LogP contribution >= 0.6 is 0 Å². The molecule has 4 aliphatic carbocycles. The van der Waals surface area contributed by atoms with Gasteiger partial charge in [0.25, 0.3) is 0 Å². The van der Waals surface area contributed by atoms with Crippen LogP contribution in [-0.4, -0.2) is 37.0 Å². The van der Waals surface area contributed by atoms with Gasteiger partial charge in [-0.3, -0.25) is 4.79 Å². The fraction of sp³-hybridized carbons (Fsp3) is 0.938. The number of rotatable bonds is 1. The molecular formula is C16H26N2O. The summed E-state index contributed by atoms with van der Waals surface area (Å²) < 4.78 is 0. The zero-order valence-electron chi connectivity index (χ0n) is 11.9. The van der Waals surface area contributed by atoms with Crippen molar-refractivity contribution in [2.45, 2.75) is 44.9 Å². The molecule has 0 unspecified atom stereocenters. The Kier molecular flexibility index (Phi) is 2.87. The van der Waals surface area contributed by atoms with Gasteiger partial charge in [0.05, 0.1) is 5.41 Å². The molecule has 1 N–H and O–H groups in total. The van der Waals surface area contributed by atoms with E-state index in [0.29, 0.717) is 5.91 Å². The summed E-state index contributed by atoms with van der Waals surface area (Å²) in [7, 11) is 0. The van der Waals surface area contributed by atoms with Crippen molar-refractivity contribution in [3.63, 3.8) is 0 Å². The fourth-order valence-electron chi connectivity index (χ4n) is 5.76. The van der Waals surface area contributed by atoms with E-state index in [4.69, 9.17) is 0 Å². The lowest BCUT2D eigenvalue weighted by Gasteiger charge is -2.56. The van der Waals surface area contributed by atoms with Gasteiger partial charge in [-0.2, -0.15) is 0 Å². The minimum absolute atomic E-state index is 0.0685. The molecule has 19 heavy (non-hydrogen) atoms. The van der Waals surface area contributed by atoms with Gasteiger partial charge >= 0.3 is 0 Å². The molecule has 1 aliphatic heterocycles. The molecule has 0 aromatic carbocycles. The van der Waals surface area contributed by atoms with Gasteiger partial charge < -0.3 is 10.2 Å². The van der Waals surface area contributed by atoms with Crippen molar-refractivity contribution in [2.24, 2.45) is 23.2 Å². The zero-order valence-corrected chi connectivity index (χ0v) is 11.9. The molecule has 5 rings (SSSR count). The second-order valence-electron chi connectivity index (χ2n) is 7.59. The second kappa shape index (κ2) is 4.47. The molecule has 4 saturated carbocycles. The quantitative estimate of drug-likeness (QED) is 0.784.